The van der Waals surface area contributed by atoms with Crippen molar-refractivity contribution in [3.63, 3.8) is 0 Å². The zero-order valence-corrected chi connectivity index (χ0v) is 13.2. The fraction of sp³-hybridized carbons (Fsp3) is 0.400. The molecular formula is C15H19NO5S. The summed E-state index contributed by atoms with van der Waals surface area (Å²) in [6, 6.07) is 8.83. The van der Waals surface area contributed by atoms with Crippen LogP contribution in [-0.2, 0) is 14.3 Å². The fourth-order valence-corrected chi connectivity index (χ4v) is 2.50. The maximum Gasteiger partial charge on any atom is 0.323 e. The van der Waals surface area contributed by atoms with E-state index in [4.69, 9.17) is 9.84 Å². The van der Waals surface area contributed by atoms with Gasteiger partial charge in [-0.3, -0.25) is 14.4 Å². The molecule has 0 aliphatic rings. The molecule has 6 nitrogen and oxygen atoms in total. The molecule has 0 atom stereocenters. The van der Waals surface area contributed by atoms with E-state index in [1.807, 2.05) is 6.07 Å². The number of carboxylic acids is 1. The van der Waals surface area contributed by atoms with Gasteiger partial charge in [-0.1, -0.05) is 30.3 Å². The number of Topliss-reactive ketones (excluding diaryl/α,β-unsaturated/α-hetero) is 1. The number of methoxy groups -OCH3 is 1. The molecule has 1 N–H and O–H groups in total. The molecule has 1 rings (SSSR count). The third kappa shape index (κ3) is 6.73. The van der Waals surface area contributed by atoms with Crippen molar-refractivity contribution in [3.8, 4) is 0 Å². The fourth-order valence-electron chi connectivity index (χ4n) is 1.69. The van der Waals surface area contributed by atoms with Crippen LogP contribution in [0.25, 0.3) is 0 Å². The Morgan fingerprint density at radius 3 is 2.45 bits per heavy atom. The van der Waals surface area contributed by atoms with Gasteiger partial charge in [-0.25, -0.2) is 0 Å². The van der Waals surface area contributed by atoms with Crippen molar-refractivity contribution in [2.24, 2.45) is 0 Å². The number of aliphatic carboxylic acids is 1. The van der Waals surface area contributed by atoms with Crippen LogP contribution in [0, 0.1) is 0 Å². The second-order valence-electron chi connectivity index (χ2n) is 4.48. The van der Waals surface area contributed by atoms with E-state index in [0.29, 0.717) is 5.56 Å². The van der Waals surface area contributed by atoms with E-state index in [2.05, 4.69) is 0 Å². The van der Waals surface area contributed by atoms with E-state index in [0.717, 1.165) is 0 Å². The summed E-state index contributed by atoms with van der Waals surface area (Å²) >= 11 is 1.18. The molecule has 0 saturated heterocycles. The van der Waals surface area contributed by atoms with Crippen LogP contribution in [0.4, 0.5) is 0 Å². The third-order valence-corrected chi connectivity index (χ3v) is 3.72. The van der Waals surface area contributed by atoms with Gasteiger partial charge in [0.05, 0.1) is 18.1 Å². The van der Waals surface area contributed by atoms with Crippen LogP contribution in [0.2, 0.25) is 0 Å². The van der Waals surface area contributed by atoms with Crippen molar-refractivity contribution >= 4 is 29.4 Å². The molecule has 7 heteroatoms. The van der Waals surface area contributed by atoms with Gasteiger partial charge in [-0.15, -0.1) is 11.8 Å². The Labute approximate surface area is 133 Å². The highest BCUT2D eigenvalue weighted by molar-refractivity contribution is 8.00. The Bertz CT molecular complexity index is 506. The first-order chi connectivity index (χ1) is 10.5. The molecule has 1 amide bonds. The third-order valence-electron chi connectivity index (χ3n) is 2.80. The molecule has 1 aromatic rings. The normalized spacial score (nSPS) is 10.2. The first kappa shape index (κ1) is 18.2. The zero-order valence-electron chi connectivity index (χ0n) is 12.4. The summed E-state index contributed by atoms with van der Waals surface area (Å²) in [7, 11) is 1.48. The Hall–Kier alpha value is -1.86. The molecule has 0 spiro atoms. The predicted octanol–water partition coefficient (Wildman–Crippen LogP) is 1.16. The number of carbonyl (C=O) groups excluding carboxylic acids is 2. The van der Waals surface area contributed by atoms with Gasteiger partial charge in [0.1, 0.15) is 6.54 Å². The predicted molar refractivity (Wildman–Crippen MR) is 84.2 cm³/mol. The van der Waals surface area contributed by atoms with Crippen LogP contribution >= 0.6 is 11.8 Å². The number of carbonyl (C=O) groups is 3. The van der Waals surface area contributed by atoms with Gasteiger partial charge in [0.2, 0.25) is 5.91 Å². The van der Waals surface area contributed by atoms with Crippen molar-refractivity contribution in [3.05, 3.63) is 35.9 Å². The minimum Gasteiger partial charge on any atom is -0.480 e. The van der Waals surface area contributed by atoms with Gasteiger partial charge in [0, 0.05) is 19.2 Å². The molecule has 0 aliphatic heterocycles. The highest BCUT2D eigenvalue weighted by Gasteiger charge is 2.17. The first-order valence-corrected chi connectivity index (χ1v) is 7.84. The lowest BCUT2D eigenvalue weighted by Gasteiger charge is -2.19. The van der Waals surface area contributed by atoms with Gasteiger partial charge in [-0.05, 0) is 0 Å². The quantitative estimate of drug-likeness (QED) is 0.650. The van der Waals surface area contributed by atoms with E-state index in [-0.39, 0.29) is 42.9 Å². The molecule has 120 valence electrons. The van der Waals surface area contributed by atoms with Crippen molar-refractivity contribution in [1.29, 1.82) is 0 Å². The molecule has 0 unspecified atom stereocenters. The molecule has 0 heterocycles. The molecule has 0 radical (unpaired) electrons. The van der Waals surface area contributed by atoms with Crippen LogP contribution in [-0.4, -0.2) is 66.0 Å². The molecule has 0 aliphatic carbocycles. The van der Waals surface area contributed by atoms with Crippen molar-refractivity contribution < 1.29 is 24.2 Å². The lowest BCUT2D eigenvalue weighted by atomic mass is 10.2. The number of ether oxygens (including phenoxy) is 1. The van der Waals surface area contributed by atoms with Crippen LogP contribution in [0.1, 0.15) is 10.4 Å². The maximum absolute atomic E-state index is 12.0. The number of benzene rings is 1. The van der Waals surface area contributed by atoms with E-state index in [9.17, 15) is 14.4 Å². The molecule has 0 fully saturated rings. The monoisotopic (exact) mass is 325 g/mol. The van der Waals surface area contributed by atoms with Crippen molar-refractivity contribution in [2.45, 2.75) is 0 Å². The van der Waals surface area contributed by atoms with E-state index in [1.165, 1.54) is 23.8 Å². The highest BCUT2D eigenvalue weighted by atomic mass is 32.2. The minimum absolute atomic E-state index is 0.0555. The highest BCUT2D eigenvalue weighted by Crippen LogP contribution is 2.08. The number of amides is 1. The molecule has 0 aromatic heterocycles. The number of carboxylic acid groups (broad SMARTS) is 1. The average molecular weight is 325 g/mol. The van der Waals surface area contributed by atoms with Gasteiger partial charge in [-0.2, -0.15) is 0 Å². The second-order valence-corrected chi connectivity index (χ2v) is 5.47. The lowest BCUT2D eigenvalue weighted by Crippen LogP contribution is -2.39. The summed E-state index contributed by atoms with van der Waals surface area (Å²) in [5.74, 6) is -1.20. The molecule has 0 bridgehead atoms. The van der Waals surface area contributed by atoms with Gasteiger partial charge in [0.15, 0.2) is 5.78 Å². The topological polar surface area (TPSA) is 83.9 Å². The second kappa shape index (κ2) is 9.97. The number of hydrogen-bond donors (Lipinski definition) is 1. The Balaban J connectivity index is 2.42. The van der Waals surface area contributed by atoms with Gasteiger partial charge in [0.25, 0.3) is 0 Å². The minimum atomic E-state index is -1.07. The number of nitrogens with zero attached hydrogens (tertiary/aromatic N) is 1. The SMILES string of the molecule is COCCN(CC(=O)O)C(=O)CSCC(=O)c1ccccc1. The van der Waals surface area contributed by atoms with Crippen LogP contribution in [0.5, 0.6) is 0 Å². The van der Waals surface area contributed by atoms with Crippen molar-refractivity contribution in [2.75, 3.05) is 38.3 Å². The van der Waals surface area contributed by atoms with Crippen LogP contribution in [0.15, 0.2) is 30.3 Å². The summed E-state index contributed by atoms with van der Waals surface area (Å²) in [5.41, 5.74) is 0.601. The summed E-state index contributed by atoms with van der Waals surface area (Å²) in [6.07, 6.45) is 0. The molecular weight excluding hydrogens is 306 g/mol. The smallest absolute Gasteiger partial charge is 0.323 e. The molecule has 0 saturated carbocycles. The Morgan fingerprint density at radius 1 is 1.18 bits per heavy atom. The average Bonchev–Trinajstić information content (AvgIpc) is 2.51. The first-order valence-electron chi connectivity index (χ1n) is 6.69. The Morgan fingerprint density at radius 2 is 1.86 bits per heavy atom. The lowest BCUT2D eigenvalue weighted by molar-refractivity contribution is -0.143. The standard InChI is InChI=1S/C15H19NO5S/c1-21-8-7-16(9-15(19)20)14(18)11-22-10-13(17)12-5-3-2-4-6-12/h2-6H,7-11H2,1H3,(H,19,20). The summed E-state index contributed by atoms with van der Waals surface area (Å²) < 4.78 is 4.86. The maximum atomic E-state index is 12.0. The largest absolute Gasteiger partial charge is 0.480 e. The van der Waals surface area contributed by atoms with E-state index < -0.39 is 5.97 Å². The summed E-state index contributed by atoms with van der Waals surface area (Å²) in [6.45, 7) is 0.122. The Kier molecular flexibility index (Phi) is 8.24. The van der Waals surface area contributed by atoms with Crippen LogP contribution < -0.4 is 0 Å². The number of hydrogen-bond acceptors (Lipinski definition) is 5. The van der Waals surface area contributed by atoms with Gasteiger partial charge < -0.3 is 14.7 Å². The zero-order chi connectivity index (χ0) is 16.4. The van der Waals surface area contributed by atoms with E-state index >= 15 is 0 Å². The van der Waals surface area contributed by atoms with E-state index in [1.54, 1.807) is 24.3 Å². The number of ketones is 1. The van der Waals surface area contributed by atoms with Gasteiger partial charge >= 0.3 is 5.97 Å². The summed E-state index contributed by atoms with van der Waals surface area (Å²) in [5, 5.41) is 8.80. The van der Waals surface area contributed by atoms with Crippen LogP contribution in [0.3, 0.4) is 0 Å². The number of rotatable bonds is 10. The molecule has 22 heavy (non-hydrogen) atoms. The number of thioether (sulfide) groups is 1. The molecule has 1 aromatic carbocycles. The summed E-state index contributed by atoms with van der Waals surface area (Å²) in [4.78, 5) is 35.8. The van der Waals surface area contributed by atoms with Crippen molar-refractivity contribution in [1.82, 2.24) is 4.90 Å².